The lowest BCUT2D eigenvalue weighted by Crippen LogP contribution is -2.41. The molecule has 0 aliphatic rings. The van der Waals surface area contributed by atoms with Gasteiger partial charge in [0.25, 0.3) is 0 Å². The molecular formula is C6H13O6P. The normalized spacial score (nSPS) is 19.2. The number of rotatable bonds is 5. The van der Waals surface area contributed by atoms with Crippen molar-refractivity contribution in [3.05, 3.63) is 0 Å². The van der Waals surface area contributed by atoms with Crippen molar-refractivity contribution in [2.24, 2.45) is 0 Å². The Bertz CT molecular complexity index is 219. The van der Waals surface area contributed by atoms with E-state index in [9.17, 15) is 9.36 Å². The van der Waals surface area contributed by atoms with Crippen LogP contribution in [0, 0.1) is 0 Å². The van der Waals surface area contributed by atoms with E-state index in [1.54, 1.807) is 0 Å². The van der Waals surface area contributed by atoms with E-state index in [2.05, 4.69) is 0 Å². The van der Waals surface area contributed by atoms with E-state index in [1.807, 2.05) is 0 Å². The summed E-state index contributed by atoms with van der Waals surface area (Å²) in [7, 11) is -4.19. The second-order valence-electron chi connectivity index (χ2n) is 3.04. The molecule has 0 saturated heterocycles. The van der Waals surface area contributed by atoms with Gasteiger partial charge in [-0.3, -0.25) is 4.57 Å². The van der Waals surface area contributed by atoms with Crippen molar-refractivity contribution in [1.82, 2.24) is 0 Å². The molecule has 0 aromatic rings. The summed E-state index contributed by atoms with van der Waals surface area (Å²) < 4.78 is 10.4. The fourth-order valence-corrected chi connectivity index (χ4v) is 1.24. The Kier molecular flexibility index (Phi) is 4.22. The summed E-state index contributed by atoms with van der Waals surface area (Å²) in [5.41, 5.74) is -1.95. The molecule has 0 aromatic heterocycles. The summed E-state index contributed by atoms with van der Waals surface area (Å²) in [6.07, 6.45) is -2.21. The zero-order valence-corrected chi connectivity index (χ0v) is 8.02. The first-order chi connectivity index (χ1) is 5.69. The van der Waals surface area contributed by atoms with E-state index in [-0.39, 0.29) is 12.7 Å². The molecule has 0 bridgehead atoms. The minimum Gasteiger partial charge on any atom is -0.390 e. The maximum absolute atomic E-state index is 10.4. The minimum atomic E-state index is -4.19. The van der Waals surface area contributed by atoms with Crippen molar-refractivity contribution in [3.63, 3.8) is 0 Å². The average Bonchev–Trinajstić information content (AvgIpc) is 1.98. The van der Waals surface area contributed by atoms with E-state index >= 15 is 0 Å². The third-order valence-corrected chi connectivity index (χ3v) is 2.45. The topological polar surface area (TPSA) is 115 Å². The molecule has 0 heterocycles. The molecule has 0 aliphatic heterocycles. The molecule has 6 nitrogen and oxygen atoms in total. The molecule has 2 unspecified atom stereocenters. The van der Waals surface area contributed by atoms with Gasteiger partial charge in [-0.15, -0.1) is 0 Å². The Hall–Kier alpha value is -0.260. The summed E-state index contributed by atoms with van der Waals surface area (Å²) in [5, 5.41) is 18.2. The predicted molar refractivity (Wildman–Crippen MR) is 44.2 cm³/mol. The van der Waals surface area contributed by atoms with Crippen LogP contribution in [0.3, 0.4) is 0 Å². The first kappa shape index (κ1) is 12.7. The Balaban J connectivity index is 4.09. The highest BCUT2D eigenvalue weighted by molar-refractivity contribution is 7.51. The standard InChI is InChI=1S/C6H13O6P/c1-6(9,4-7)5(8)2-3-13(10,11)12/h4-5,8-9H,2-3H2,1H3,(H2,10,11,12). The first-order valence-electron chi connectivity index (χ1n) is 3.60. The SMILES string of the molecule is CC(O)(C=O)C(O)CCP(=O)(O)O. The van der Waals surface area contributed by atoms with E-state index in [0.717, 1.165) is 6.92 Å². The summed E-state index contributed by atoms with van der Waals surface area (Å²) in [6, 6.07) is 0. The summed E-state index contributed by atoms with van der Waals surface area (Å²) in [4.78, 5) is 27.1. The van der Waals surface area contributed by atoms with Gasteiger partial charge in [-0.1, -0.05) is 0 Å². The number of aliphatic hydroxyl groups is 2. The number of carbonyl (C=O) groups excluding carboxylic acids is 1. The van der Waals surface area contributed by atoms with Crippen molar-refractivity contribution >= 4 is 13.9 Å². The molecule has 0 aliphatic carbocycles. The first-order valence-corrected chi connectivity index (χ1v) is 5.40. The molecule has 2 atom stereocenters. The molecule has 0 amide bonds. The van der Waals surface area contributed by atoms with Gasteiger partial charge >= 0.3 is 7.60 Å². The van der Waals surface area contributed by atoms with E-state index < -0.39 is 25.5 Å². The minimum absolute atomic E-state index is 0.136. The van der Waals surface area contributed by atoms with Crippen LogP contribution in [0.15, 0.2) is 0 Å². The second-order valence-corrected chi connectivity index (χ2v) is 4.81. The monoisotopic (exact) mass is 212 g/mol. The number of hydrogen-bond donors (Lipinski definition) is 4. The van der Waals surface area contributed by atoms with Crippen LogP contribution >= 0.6 is 7.60 Å². The number of carbonyl (C=O) groups is 1. The lowest BCUT2D eigenvalue weighted by Gasteiger charge is -2.22. The highest BCUT2D eigenvalue weighted by Crippen LogP contribution is 2.36. The third-order valence-electron chi connectivity index (χ3n) is 1.61. The van der Waals surface area contributed by atoms with Crippen LogP contribution < -0.4 is 0 Å². The molecule has 0 rings (SSSR count). The van der Waals surface area contributed by atoms with Gasteiger partial charge in [-0.05, 0) is 13.3 Å². The molecule has 4 N–H and O–H groups in total. The quantitative estimate of drug-likeness (QED) is 0.338. The zero-order chi connectivity index (χ0) is 10.7. The summed E-state index contributed by atoms with van der Waals surface area (Å²) in [5.74, 6) is 0. The van der Waals surface area contributed by atoms with Gasteiger partial charge < -0.3 is 24.8 Å². The largest absolute Gasteiger partial charge is 0.390 e. The summed E-state index contributed by atoms with van der Waals surface area (Å²) in [6.45, 7) is 1.07. The molecule has 0 saturated carbocycles. The van der Waals surface area contributed by atoms with Crippen LogP contribution in [0.2, 0.25) is 0 Å². The fraction of sp³-hybridized carbons (Fsp3) is 0.833. The van der Waals surface area contributed by atoms with Crippen LogP contribution in [0.25, 0.3) is 0 Å². The van der Waals surface area contributed by atoms with Gasteiger partial charge in [0, 0.05) is 0 Å². The molecule has 0 spiro atoms. The maximum Gasteiger partial charge on any atom is 0.325 e. The van der Waals surface area contributed by atoms with Crippen molar-refractivity contribution in [1.29, 1.82) is 0 Å². The average molecular weight is 212 g/mol. The Morgan fingerprint density at radius 2 is 2.00 bits per heavy atom. The van der Waals surface area contributed by atoms with Crippen molar-refractivity contribution < 1.29 is 29.4 Å². The van der Waals surface area contributed by atoms with Crippen LogP contribution in [0.5, 0.6) is 0 Å². The van der Waals surface area contributed by atoms with Crippen molar-refractivity contribution in [2.75, 3.05) is 6.16 Å². The Labute approximate surface area is 75.4 Å². The molecule has 0 radical (unpaired) electrons. The fourth-order valence-electron chi connectivity index (χ4n) is 0.661. The van der Waals surface area contributed by atoms with E-state index in [4.69, 9.17) is 20.0 Å². The number of aldehydes is 1. The van der Waals surface area contributed by atoms with Gasteiger partial charge in [0.2, 0.25) is 0 Å². The molecular weight excluding hydrogens is 199 g/mol. The van der Waals surface area contributed by atoms with Crippen LogP contribution in [0.1, 0.15) is 13.3 Å². The van der Waals surface area contributed by atoms with Crippen LogP contribution in [-0.2, 0) is 9.36 Å². The van der Waals surface area contributed by atoms with Gasteiger partial charge in [-0.25, -0.2) is 0 Å². The van der Waals surface area contributed by atoms with Gasteiger partial charge in [-0.2, -0.15) is 0 Å². The Morgan fingerprint density at radius 1 is 1.54 bits per heavy atom. The molecule has 7 heteroatoms. The summed E-state index contributed by atoms with van der Waals surface area (Å²) >= 11 is 0. The van der Waals surface area contributed by atoms with E-state index in [1.165, 1.54) is 0 Å². The van der Waals surface area contributed by atoms with E-state index in [0.29, 0.717) is 0 Å². The van der Waals surface area contributed by atoms with Crippen molar-refractivity contribution in [2.45, 2.75) is 25.0 Å². The van der Waals surface area contributed by atoms with Gasteiger partial charge in [0.15, 0.2) is 6.29 Å². The maximum atomic E-state index is 10.4. The van der Waals surface area contributed by atoms with Crippen molar-refractivity contribution in [3.8, 4) is 0 Å². The lowest BCUT2D eigenvalue weighted by molar-refractivity contribution is -0.133. The highest BCUT2D eigenvalue weighted by Gasteiger charge is 2.31. The molecule has 13 heavy (non-hydrogen) atoms. The smallest absolute Gasteiger partial charge is 0.325 e. The molecule has 0 fully saturated rings. The third kappa shape index (κ3) is 5.13. The van der Waals surface area contributed by atoms with Crippen LogP contribution in [0.4, 0.5) is 0 Å². The lowest BCUT2D eigenvalue weighted by atomic mass is 9.99. The molecule has 0 aromatic carbocycles. The van der Waals surface area contributed by atoms with Gasteiger partial charge in [0.1, 0.15) is 5.60 Å². The molecule has 78 valence electrons. The number of hydrogen-bond acceptors (Lipinski definition) is 4. The second kappa shape index (κ2) is 4.30. The van der Waals surface area contributed by atoms with Gasteiger partial charge in [0.05, 0.1) is 12.3 Å². The number of aliphatic hydroxyl groups excluding tert-OH is 1. The Morgan fingerprint density at radius 3 is 2.31 bits per heavy atom. The van der Waals surface area contributed by atoms with Crippen LogP contribution in [-0.4, -0.2) is 44.2 Å². The predicted octanol–water partition coefficient (Wildman–Crippen LogP) is -1.14. The highest BCUT2D eigenvalue weighted by atomic mass is 31.2. The zero-order valence-electron chi connectivity index (χ0n) is 7.12.